The highest BCUT2D eigenvalue weighted by atomic mass is 127. The van der Waals surface area contributed by atoms with Gasteiger partial charge in [-0.2, -0.15) is 0 Å². The molecule has 4 heteroatoms. The SMILES string of the molecule is O=Cc1ccc(I)c2scc(Br)c12. The van der Waals surface area contributed by atoms with Gasteiger partial charge in [-0.05, 0) is 50.7 Å². The lowest BCUT2D eigenvalue weighted by Gasteiger charge is -1.97. The van der Waals surface area contributed by atoms with Crippen LogP contribution < -0.4 is 0 Å². The van der Waals surface area contributed by atoms with Crippen LogP contribution in [0.2, 0.25) is 0 Å². The molecule has 0 saturated carbocycles. The zero-order valence-corrected chi connectivity index (χ0v) is 10.9. The molecular formula is C9H4BrIOS. The zero-order chi connectivity index (χ0) is 9.42. The number of rotatable bonds is 1. The van der Waals surface area contributed by atoms with E-state index in [-0.39, 0.29) is 0 Å². The summed E-state index contributed by atoms with van der Waals surface area (Å²) in [5.74, 6) is 0. The summed E-state index contributed by atoms with van der Waals surface area (Å²) in [5, 5.41) is 3.05. The molecule has 13 heavy (non-hydrogen) atoms. The second-order valence-electron chi connectivity index (χ2n) is 2.54. The first-order valence-corrected chi connectivity index (χ1v) is 6.29. The number of halogens is 2. The summed E-state index contributed by atoms with van der Waals surface area (Å²) in [4.78, 5) is 10.8. The van der Waals surface area contributed by atoms with Crippen LogP contribution >= 0.6 is 49.9 Å². The zero-order valence-electron chi connectivity index (χ0n) is 6.38. The van der Waals surface area contributed by atoms with Gasteiger partial charge in [0.2, 0.25) is 0 Å². The Morgan fingerprint density at radius 3 is 2.92 bits per heavy atom. The van der Waals surface area contributed by atoms with E-state index in [0.717, 1.165) is 21.7 Å². The molecule has 0 aliphatic heterocycles. The molecule has 0 N–H and O–H groups in total. The minimum absolute atomic E-state index is 0.753. The third-order valence-corrected chi connectivity index (χ3v) is 4.99. The molecule has 0 amide bonds. The minimum Gasteiger partial charge on any atom is -0.298 e. The molecule has 1 aromatic heterocycles. The van der Waals surface area contributed by atoms with Crippen LogP contribution in [0.25, 0.3) is 10.1 Å². The Morgan fingerprint density at radius 2 is 2.23 bits per heavy atom. The van der Waals surface area contributed by atoms with Crippen molar-refractivity contribution < 1.29 is 4.79 Å². The standard InChI is InChI=1S/C9H4BrIOS/c10-6-4-13-9-7(11)2-1-5(3-12)8(6)9/h1-4H. The fraction of sp³-hybridized carbons (Fsp3) is 0. The lowest BCUT2D eigenvalue weighted by molar-refractivity contribution is 0.112. The van der Waals surface area contributed by atoms with Crippen LogP contribution in [-0.4, -0.2) is 6.29 Å². The van der Waals surface area contributed by atoms with E-state index < -0.39 is 0 Å². The van der Waals surface area contributed by atoms with E-state index in [0.29, 0.717) is 0 Å². The van der Waals surface area contributed by atoms with Crippen LogP contribution in [0.5, 0.6) is 0 Å². The summed E-state index contributed by atoms with van der Waals surface area (Å²) in [6.45, 7) is 0. The van der Waals surface area contributed by atoms with Crippen LogP contribution in [-0.2, 0) is 0 Å². The number of hydrogen-bond acceptors (Lipinski definition) is 2. The van der Waals surface area contributed by atoms with Crippen molar-refractivity contribution in [1.82, 2.24) is 0 Å². The van der Waals surface area contributed by atoms with Crippen LogP contribution in [0.3, 0.4) is 0 Å². The molecule has 1 aromatic carbocycles. The normalized spacial score (nSPS) is 10.6. The maximum Gasteiger partial charge on any atom is 0.150 e. The van der Waals surface area contributed by atoms with E-state index in [1.165, 1.54) is 8.27 Å². The fourth-order valence-electron chi connectivity index (χ4n) is 1.20. The first kappa shape index (κ1) is 9.61. The van der Waals surface area contributed by atoms with Crippen LogP contribution in [0.4, 0.5) is 0 Å². The largest absolute Gasteiger partial charge is 0.298 e. The van der Waals surface area contributed by atoms with Crippen molar-refractivity contribution in [1.29, 1.82) is 0 Å². The van der Waals surface area contributed by atoms with E-state index in [1.54, 1.807) is 11.3 Å². The van der Waals surface area contributed by atoms with Crippen molar-refractivity contribution in [2.24, 2.45) is 0 Å². The molecule has 66 valence electrons. The fourth-order valence-corrected chi connectivity index (χ4v) is 3.74. The average molecular weight is 367 g/mol. The summed E-state index contributed by atoms with van der Waals surface area (Å²) in [6, 6.07) is 3.82. The molecular weight excluding hydrogens is 363 g/mol. The van der Waals surface area contributed by atoms with E-state index in [9.17, 15) is 4.79 Å². The molecule has 2 aromatic rings. The van der Waals surface area contributed by atoms with Gasteiger partial charge in [0, 0.05) is 29.1 Å². The number of thiophene rings is 1. The van der Waals surface area contributed by atoms with Gasteiger partial charge in [-0.3, -0.25) is 4.79 Å². The number of carbonyl (C=O) groups excluding carboxylic acids is 1. The summed E-state index contributed by atoms with van der Waals surface area (Å²) in [5.41, 5.74) is 0.753. The molecule has 0 fully saturated rings. The first-order valence-electron chi connectivity index (χ1n) is 3.54. The van der Waals surface area contributed by atoms with Crippen LogP contribution in [0.1, 0.15) is 10.4 Å². The number of hydrogen-bond donors (Lipinski definition) is 0. The molecule has 1 nitrogen and oxygen atoms in total. The average Bonchev–Trinajstić information content (AvgIpc) is 2.51. The maximum atomic E-state index is 10.8. The molecule has 0 bridgehead atoms. The molecule has 0 spiro atoms. The molecule has 1 heterocycles. The number of benzene rings is 1. The second kappa shape index (κ2) is 3.67. The maximum absolute atomic E-state index is 10.8. The van der Waals surface area contributed by atoms with Crippen molar-refractivity contribution in [3.8, 4) is 0 Å². The first-order chi connectivity index (χ1) is 6.24. The Balaban J connectivity index is 2.96. The van der Waals surface area contributed by atoms with E-state index >= 15 is 0 Å². The summed E-state index contributed by atoms with van der Waals surface area (Å²) in [7, 11) is 0. The Morgan fingerprint density at radius 1 is 1.46 bits per heavy atom. The van der Waals surface area contributed by atoms with Crippen LogP contribution in [0.15, 0.2) is 22.0 Å². The van der Waals surface area contributed by atoms with Gasteiger partial charge in [0.1, 0.15) is 0 Å². The van der Waals surface area contributed by atoms with E-state index in [1.807, 2.05) is 17.5 Å². The number of fused-ring (bicyclic) bond motifs is 1. The predicted octanol–water partition coefficient (Wildman–Crippen LogP) is 4.08. The van der Waals surface area contributed by atoms with Crippen molar-refractivity contribution >= 4 is 66.2 Å². The molecule has 0 atom stereocenters. The summed E-state index contributed by atoms with van der Waals surface area (Å²) >= 11 is 7.38. The van der Waals surface area contributed by atoms with Gasteiger partial charge >= 0.3 is 0 Å². The highest BCUT2D eigenvalue weighted by molar-refractivity contribution is 14.1. The molecule has 2 rings (SSSR count). The van der Waals surface area contributed by atoms with Gasteiger partial charge in [0.05, 0.1) is 0 Å². The summed E-state index contributed by atoms with van der Waals surface area (Å²) < 4.78 is 3.37. The van der Waals surface area contributed by atoms with Gasteiger partial charge in [0.15, 0.2) is 6.29 Å². The quantitative estimate of drug-likeness (QED) is 0.549. The highest BCUT2D eigenvalue weighted by Gasteiger charge is 2.08. The highest BCUT2D eigenvalue weighted by Crippen LogP contribution is 2.35. The topological polar surface area (TPSA) is 17.1 Å². The van der Waals surface area contributed by atoms with E-state index in [4.69, 9.17) is 0 Å². The van der Waals surface area contributed by atoms with Gasteiger partial charge in [-0.15, -0.1) is 11.3 Å². The Kier molecular flexibility index (Phi) is 2.71. The molecule has 0 aliphatic rings. The third-order valence-electron chi connectivity index (χ3n) is 1.79. The van der Waals surface area contributed by atoms with Gasteiger partial charge in [-0.1, -0.05) is 0 Å². The molecule has 0 aliphatic carbocycles. The third kappa shape index (κ3) is 1.55. The van der Waals surface area contributed by atoms with Gasteiger partial charge in [-0.25, -0.2) is 0 Å². The smallest absolute Gasteiger partial charge is 0.150 e. The van der Waals surface area contributed by atoms with Crippen molar-refractivity contribution in [3.63, 3.8) is 0 Å². The lowest BCUT2D eigenvalue weighted by atomic mass is 10.1. The monoisotopic (exact) mass is 366 g/mol. The number of aldehydes is 1. The predicted molar refractivity (Wildman–Crippen MR) is 67.6 cm³/mol. The van der Waals surface area contributed by atoms with Crippen molar-refractivity contribution in [2.45, 2.75) is 0 Å². The van der Waals surface area contributed by atoms with Crippen molar-refractivity contribution in [2.75, 3.05) is 0 Å². The van der Waals surface area contributed by atoms with Gasteiger partial charge < -0.3 is 0 Å². The minimum atomic E-state index is 0.753. The van der Waals surface area contributed by atoms with Crippen molar-refractivity contribution in [3.05, 3.63) is 31.1 Å². The summed E-state index contributed by atoms with van der Waals surface area (Å²) in [6.07, 6.45) is 0.899. The van der Waals surface area contributed by atoms with Crippen LogP contribution in [0, 0.1) is 3.57 Å². The second-order valence-corrected chi connectivity index (χ2v) is 5.44. The molecule has 0 radical (unpaired) electrons. The van der Waals surface area contributed by atoms with Gasteiger partial charge in [0.25, 0.3) is 0 Å². The Hall–Kier alpha value is 0.0600. The Labute approximate surface area is 101 Å². The number of carbonyl (C=O) groups is 1. The lowest BCUT2D eigenvalue weighted by Crippen LogP contribution is -1.82. The van der Waals surface area contributed by atoms with E-state index in [2.05, 4.69) is 38.5 Å². The molecule has 0 unspecified atom stereocenters. The Bertz CT molecular complexity index is 478. The molecule has 0 saturated heterocycles.